The van der Waals surface area contributed by atoms with E-state index >= 15 is 0 Å². The van der Waals surface area contributed by atoms with Crippen molar-refractivity contribution in [2.24, 2.45) is 0 Å². The third kappa shape index (κ3) is 4.93. The number of aromatic nitrogens is 1. The molecule has 2 rings (SSSR count). The second-order valence-electron chi connectivity index (χ2n) is 7.32. The minimum atomic E-state index is -0.447. The van der Waals surface area contributed by atoms with Crippen LogP contribution >= 0.6 is 0 Å². The second kappa shape index (κ2) is 7.30. The summed E-state index contributed by atoms with van der Waals surface area (Å²) < 4.78 is 5.51. The summed E-state index contributed by atoms with van der Waals surface area (Å²) in [5.74, 6) is 0. The van der Waals surface area contributed by atoms with Crippen molar-refractivity contribution >= 4 is 6.09 Å². The highest BCUT2D eigenvalue weighted by atomic mass is 16.6. The number of ether oxygens (including phenoxy) is 1. The normalized spacial score (nSPS) is 20.4. The lowest BCUT2D eigenvalue weighted by Crippen LogP contribution is -2.50. The number of hydrogen-bond acceptors (Lipinski definition) is 4. The molecule has 1 aliphatic rings. The maximum absolute atomic E-state index is 12.3. The zero-order valence-electron chi connectivity index (χ0n) is 15.0. The average molecular weight is 319 g/mol. The van der Waals surface area contributed by atoms with Crippen LogP contribution in [0.25, 0.3) is 0 Å². The number of likely N-dealkylation sites (tertiary alicyclic amines) is 1. The third-order valence-electron chi connectivity index (χ3n) is 4.35. The molecular formula is C18H29N3O2. The Hall–Kier alpha value is -1.62. The molecule has 1 amide bonds. The molecule has 0 saturated carbocycles. The standard InChI is InChI=1S/C18H29N3O2/c1-14(16-10-6-7-11-19-16)20(5)15-9-8-12-21(13-15)17(22)23-18(2,3)4/h6-7,10-11,14-15H,8-9,12-13H2,1-5H3/t14?,15-/m1/s1. The predicted octanol–water partition coefficient (Wildman–Crippen LogP) is 3.47. The van der Waals surface area contributed by atoms with Crippen LogP contribution in [0.1, 0.15) is 52.3 Å². The molecular weight excluding hydrogens is 290 g/mol. The van der Waals surface area contributed by atoms with Crippen molar-refractivity contribution in [3.8, 4) is 0 Å². The zero-order chi connectivity index (χ0) is 17.0. The Kier molecular flexibility index (Phi) is 5.63. The van der Waals surface area contributed by atoms with E-state index < -0.39 is 5.60 Å². The van der Waals surface area contributed by atoms with E-state index in [1.165, 1.54) is 0 Å². The van der Waals surface area contributed by atoms with Crippen LogP contribution in [0.2, 0.25) is 0 Å². The van der Waals surface area contributed by atoms with Crippen LogP contribution in [-0.2, 0) is 4.74 Å². The Morgan fingerprint density at radius 2 is 2.17 bits per heavy atom. The van der Waals surface area contributed by atoms with Gasteiger partial charge in [0.25, 0.3) is 0 Å². The van der Waals surface area contributed by atoms with E-state index in [4.69, 9.17) is 4.74 Å². The van der Waals surface area contributed by atoms with Crippen LogP contribution in [0.15, 0.2) is 24.4 Å². The number of rotatable bonds is 3. The molecule has 0 radical (unpaired) electrons. The Morgan fingerprint density at radius 1 is 1.43 bits per heavy atom. The summed E-state index contributed by atoms with van der Waals surface area (Å²) in [6, 6.07) is 6.55. The van der Waals surface area contributed by atoms with Crippen LogP contribution in [0.3, 0.4) is 0 Å². The summed E-state index contributed by atoms with van der Waals surface area (Å²) >= 11 is 0. The van der Waals surface area contributed by atoms with Gasteiger partial charge in [-0.3, -0.25) is 9.88 Å². The molecule has 5 heteroatoms. The maximum atomic E-state index is 12.3. The molecule has 1 aromatic rings. The lowest BCUT2D eigenvalue weighted by molar-refractivity contribution is 0.00959. The Balaban J connectivity index is 1.99. The quantitative estimate of drug-likeness (QED) is 0.856. The molecule has 5 nitrogen and oxygen atoms in total. The summed E-state index contributed by atoms with van der Waals surface area (Å²) in [6.45, 7) is 9.36. The first-order chi connectivity index (χ1) is 10.8. The van der Waals surface area contributed by atoms with E-state index in [2.05, 4.69) is 29.9 Å². The summed E-state index contributed by atoms with van der Waals surface area (Å²) in [4.78, 5) is 20.9. The molecule has 128 valence electrons. The number of likely N-dealkylation sites (N-methyl/N-ethyl adjacent to an activating group) is 1. The summed E-state index contributed by atoms with van der Waals surface area (Å²) in [7, 11) is 2.11. The number of carbonyl (C=O) groups excluding carboxylic acids is 1. The molecule has 0 spiro atoms. The van der Waals surface area contributed by atoms with E-state index in [1.54, 1.807) is 0 Å². The highest BCUT2D eigenvalue weighted by Gasteiger charge is 2.31. The van der Waals surface area contributed by atoms with Crippen LogP contribution in [0.4, 0.5) is 4.79 Å². The van der Waals surface area contributed by atoms with Crippen molar-refractivity contribution in [2.45, 2.75) is 58.2 Å². The van der Waals surface area contributed by atoms with E-state index in [1.807, 2.05) is 44.0 Å². The van der Waals surface area contributed by atoms with Gasteiger partial charge in [0.05, 0.1) is 5.69 Å². The largest absolute Gasteiger partial charge is 0.444 e. The molecule has 1 aromatic heterocycles. The van der Waals surface area contributed by atoms with Crippen molar-refractivity contribution < 1.29 is 9.53 Å². The number of hydrogen-bond donors (Lipinski definition) is 0. The van der Waals surface area contributed by atoms with Gasteiger partial charge in [0.2, 0.25) is 0 Å². The first-order valence-corrected chi connectivity index (χ1v) is 8.39. The first-order valence-electron chi connectivity index (χ1n) is 8.39. The third-order valence-corrected chi connectivity index (χ3v) is 4.35. The van der Waals surface area contributed by atoms with Crippen LogP contribution < -0.4 is 0 Å². The van der Waals surface area contributed by atoms with Crippen molar-refractivity contribution in [3.63, 3.8) is 0 Å². The van der Waals surface area contributed by atoms with Crippen molar-refractivity contribution in [3.05, 3.63) is 30.1 Å². The number of pyridine rings is 1. The van der Waals surface area contributed by atoms with Gasteiger partial charge in [0.1, 0.15) is 5.60 Å². The van der Waals surface area contributed by atoms with Gasteiger partial charge < -0.3 is 9.64 Å². The number of carbonyl (C=O) groups is 1. The number of amides is 1. The molecule has 1 fully saturated rings. The van der Waals surface area contributed by atoms with Crippen molar-refractivity contribution in [1.29, 1.82) is 0 Å². The molecule has 1 unspecified atom stereocenters. The second-order valence-corrected chi connectivity index (χ2v) is 7.32. The van der Waals surface area contributed by atoms with Crippen LogP contribution in [-0.4, -0.2) is 52.7 Å². The minimum Gasteiger partial charge on any atom is -0.444 e. The van der Waals surface area contributed by atoms with Crippen LogP contribution in [0.5, 0.6) is 0 Å². The van der Waals surface area contributed by atoms with Crippen molar-refractivity contribution in [2.75, 3.05) is 20.1 Å². The van der Waals surface area contributed by atoms with Crippen molar-refractivity contribution in [1.82, 2.24) is 14.8 Å². The topological polar surface area (TPSA) is 45.7 Å². The molecule has 0 aliphatic carbocycles. The zero-order valence-corrected chi connectivity index (χ0v) is 15.0. The summed E-state index contributed by atoms with van der Waals surface area (Å²) in [6.07, 6.45) is 3.71. The van der Waals surface area contributed by atoms with Gasteiger partial charge in [0.15, 0.2) is 0 Å². The molecule has 1 saturated heterocycles. The fourth-order valence-electron chi connectivity index (χ4n) is 2.93. The molecule has 2 heterocycles. The molecule has 1 aliphatic heterocycles. The maximum Gasteiger partial charge on any atom is 0.410 e. The van der Waals surface area contributed by atoms with E-state index in [0.717, 1.165) is 25.1 Å². The van der Waals surface area contributed by atoms with Gasteiger partial charge in [-0.2, -0.15) is 0 Å². The lowest BCUT2D eigenvalue weighted by Gasteiger charge is -2.40. The minimum absolute atomic E-state index is 0.207. The predicted molar refractivity (Wildman–Crippen MR) is 91.2 cm³/mol. The molecule has 0 N–H and O–H groups in total. The Labute approximate surface area is 139 Å². The molecule has 23 heavy (non-hydrogen) atoms. The SMILES string of the molecule is CC(c1ccccn1)N(C)[C@@H]1CCCN(C(=O)OC(C)(C)C)C1. The first kappa shape index (κ1) is 17.7. The van der Waals surface area contributed by atoms with Crippen LogP contribution in [0, 0.1) is 0 Å². The van der Waals surface area contributed by atoms with Gasteiger partial charge >= 0.3 is 6.09 Å². The van der Waals surface area contributed by atoms with Gasteiger partial charge in [0, 0.05) is 31.4 Å². The number of nitrogens with zero attached hydrogens (tertiary/aromatic N) is 3. The van der Waals surface area contributed by atoms with Gasteiger partial charge in [-0.1, -0.05) is 6.07 Å². The Bertz CT molecular complexity index is 513. The fraction of sp³-hybridized carbons (Fsp3) is 0.667. The smallest absolute Gasteiger partial charge is 0.410 e. The van der Waals surface area contributed by atoms with Gasteiger partial charge in [-0.15, -0.1) is 0 Å². The average Bonchev–Trinajstić information content (AvgIpc) is 2.53. The number of piperidine rings is 1. The molecule has 2 atom stereocenters. The summed E-state index contributed by atoms with van der Waals surface area (Å²) in [5.41, 5.74) is 0.612. The van der Waals surface area contributed by atoms with E-state index in [0.29, 0.717) is 12.6 Å². The summed E-state index contributed by atoms with van der Waals surface area (Å²) in [5, 5.41) is 0. The molecule has 0 aromatic carbocycles. The van der Waals surface area contributed by atoms with Gasteiger partial charge in [-0.25, -0.2) is 4.79 Å². The molecule has 0 bridgehead atoms. The van der Waals surface area contributed by atoms with E-state index in [9.17, 15) is 4.79 Å². The fourth-order valence-corrected chi connectivity index (χ4v) is 2.93. The highest BCUT2D eigenvalue weighted by Crippen LogP contribution is 2.24. The van der Waals surface area contributed by atoms with Gasteiger partial charge in [-0.05, 0) is 59.7 Å². The Morgan fingerprint density at radius 3 is 2.78 bits per heavy atom. The lowest BCUT2D eigenvalue weighted by atomic mass is 10.0. The van der Waals surface area contributed by atoms with E-state index in [-0.39, 0.29) is 12.1 Å². The highest BCUT2D eigenvalue weighted by molar-refractivity contribution is 5.68. The monoisotopic (exact) mass is 319 g/mol.